The minimum atomic E-state index is -0.952. The minimum absolute atomic E-state index is 0.234. The van der Waals surface area contributed by atoms with Crippen molar-refractivity contribution in [2.24, 2.45) is 0 Å². The third-order valence-corrected chi connectivity index (χ3v) is 3.70. The van der Waals surface area contributed by atoms with Gasteiger partial charge in [-0.2, -0.15) is 0 Å². The van der Waals surface area contributed by atoms with E-state index in [1.165, 1.54) is 11.8 Å². The lowest BCUT2D eigenvalue weighted by molar-refractivity contribution is 0.0454. The summed E-state index contributed by atoms with van der Waals surface area (Å²) in [7, 11) is 0. The molecule has 2 aromatic rings. The Morgan fingerprint density at radius 1 is 1.53 bits per heavy atom. The number of thioether (sulfide) groups is 1. The zero-order chi connectivity index (χ0) is 11.8. The molecule has 2 aromatic heterocycles. The molecule has 5 nitrogen and oxygen atoms in total. The number of carboxylic acids is 1. The predicted molar refractivity (Wildman–Crippen MR) is 62.6 cm³/mol. The molecule has 1 fully saturated rings. The van der Waals surface area contributed by atoms with Crippen LogP contribution in [0.5, 0.6) is 0 Å². The summed E-state index contributed by atoms with van der Waals surface area (Å²) < 4.78 is 6.68. The molecule has 0 bridgehead atoms. The van der Waals surface area contributed by atoms with Crippen molar-refractivity contribution >= 4 is 23.4 Å². The summed E-state index contributed by atoms with van der Waals surface area (Å²) in [5.41, 5.74) is 0.894. The van der Waals surface area contributed by atoms with Crippen molar-refractivity contribution in [1.82, 2.24) is 9.38 Å². The van der Waals surface area contributed by atoms with E-state index >= 15 is 0 Å². The molecule has 0 spiro atoms. The highest BCUT2D eigenvalue weighted by atomic mass is 32.2. The van der Waals surface area contributed by atoms with Crippen molar-refractivity contribution in [1.29, 1.82) is 0 Å². The van der Waals surface area contributed by atoms with Gasteiger partial charge < -0.3 is 9.84 Å². The normalized spacial score (nSPS) is 16.0. The first kappa shape index (κ1) is 10.6. The molecule has 1 saturated heterocycles. The first-order valence-electron chi connectivity index (χ1n) is 5.20. The zero-order valence-electron chi connectivity index (χ0n) is 8.87. The van der Waals surface area contributed by atoms with Crippen molar-refractivity contribution in [3.8, 4) is 0 Å². The van der Waals surface area contributed by atoms with Gasteiger partial charge in [0, 0.05) is 6.20 Å². The molecule has 1 N–H and O–H groups in total. The number of nitrogens with zero attached hydrogens (tertiary/aromatic N) is 2. The predicted octanol–water partition coefficient (Wildman–Crippen LogP) is 1.52. The van der Waals surface area contributed by atoms with Crippen LogP contribution in [-0.2, 0) is 4.74 Å². The second kappa shape index (κ2) is 4.05. The number of carboxylic acid groups (broad SMARTS) is 1. The Morgan fingerprint density at radius 2 is 2.35 bits per heavy atom. The topological polar surface area (TPSA) is 63.8 Å². The Kier molecular flexibility index (Phi) is 2.53. The third kappa shape index (κ3) is 1.79. The summed E-state index contributed by atoms with van der Waals surface area (Å²) in [5.74, 6) is -0.952. The van der Waals surface area contributed by atoms with Gasteiger partial charge in [0.25, 0.3) is 0 Å². The zero-order valence-corrected chi connectivity index (χ0v) is 9.68. The van der Waals surface area contributed by atoms with Gasteiger partial charge in [-0.3, -0.25) is 4.40 Å². The number of carbonyl (C=O) groups is 1. The van der Waals surface area contributed by atoms with Crippen LogP contribution < -0.4 is 0 Å². The highest BCUT2D eigenvalue weighted by Crippen LogP contribution is 2.30. The van der Waals surface area contributed by atoms with Crippen LogP contribution in [0.2, 0.25) is 0 Å². The fourth-order valence-corrected chi connectivity index (χ4v) is 2.78. The number of hydrogen-bond acceptors (Lipinski definition) is 4. The van der Waals surface area contributed by atoms with Crippen molar-refractivity contribution in [3.05, 3.63) is 30.1 Å². The molecule has 88 valence electrons. The number of pyridine rings is 1. The van der Waals surface area contributed by atoms with Crippen LogP contribution in [0.3, 0.4) is 0 Å². The number of aromatic carboxylic acids is 1. The Morgan fingerprint density at radius 3 is 3.00 bits per heavy atom. The molecule has 3 heterocycles. The van der Waals surface area contributed by atoms with Gasteiger partial charge in [-0.05, 0) is 12.1 Å². The molecule has 0 amide bonds. The molecule has 1 aliphatic rings. The molecule has 0 unspecified atom stereocenters. The van der Waals surface area contributed by atoms with Gasteiger partial charge in [0.2, 0.25) is 0 Å². The first-order chi connectivity index (χ1) is 8.25. The Bertz CT molecular complexity index is 577. The molecule has 0 radical (unpaired) electrons. The van der Waals surface area contributed by atoms with Gasteiger partial charge in [-0.15, -0.1) is 0 Å². The monoisotopic (exact) mass is 250 g/mol. The highest BCUT2D eigenvalue weighted by Gasteiger charge is 2.26. The van der Waals surface area contributed by atoms with Crippen LogP contribution in [-0.4, -0.2) is 38.9 Å². The molecular formula is C11H10N2O3S. The number of imidazole rings is 1. The van der Waals surface area contributed by atoms with E-state index in [1.807, 2.05) is 6.07 Å². The Labute approximate surface area is 101 Å². The molecule has 6 heteroatoms. The van der Waals surface area contributed by atoms with E-state index in [0.717, 1.165) is 0 Å². The van der Waals surface area contributed by atoms with Crippen LogP contribution in [0.25, 0.3) is 5.65 Å². The Balaban J connectivity index is 2.08. The average molecular weight is 250 g/mol. The number of hydrogen-bond donors (Lipinski definition) is 1. The molecular weight excluding hydrogens is 240 g/mol. The van der Waals surface area contributed by atoms with Crippen molar-refractivity contribution < 1.29 is 14.6 Å². The highest BCUT2D eigenvalue weighted by molar-refractivity contribution is 8.00. The van der Waals surface area contributed by atoms with Crippen LogP contribution in [0.15, 0.2) is 29.4 Å². The number of fused-ring (bicyclic) bond motifs is 1. The van der Waals surface area contributed by atoms with Gasteiger partial charge in [0.1, 0.15) is 10.7 Å². The fraction of sp³-hybridized carbons (Fsp3) is 0.273. The van der Waals surface area contributed by atoms with E-state index in [9.17, 15) is 9.90 Å². The molecule has 3 rings (SSSR count). The van der Waals surface area contributed by atoms with Gasteiger partial charge in [-0.1, -0.05) is 17.8 Å². The molecule has 0 aromatic carbocycles. The summed E-state index contributed by atoms with van der Waals surface area (Å²) in [6.07, 6.45) is 1.72. The summed E-state index contributed by atoms with van der Waals surface area (Å²) in [6.45, 7) is 1.33. The van der Waals surface area contributed by atoms with Crippen LogP contribution in [0, 0.1) is 0 Å². The SMILES string of the molecule is O=C(O)c1c(SC2COC2)nc2ccccn12. The van der Waals surface area contributed by atoms with Gasteiger partial charge >= 0.3 is 5.97 Å². The summed E-state index contributed by atoms with van der Waals surface area (Å²) in [4.78, 5) is 15.6. The summed E-state index contributed by atoms with van der Waals surface area (Å²) in [5, 5.41) is 10.1. The molecule has 1 aliphatic heterocycles. The summed E-state index contributed by atoms with van der Waals surface area (Å²) >= 11 is 1.47. The fourth-order valence-electron chi connectivity index (χ4n) is 1.69. The van der Waals surface area contributed by atoms with Crippen LogP contribution in [0.4, 0.5) is 0 Å². The van der Waals surface area contributed by atoms with Crippen molar-refractivity contribution in [2.45, 2.75) is 10.3 Å². The second-order valence-corrected chi connectivity index (χ2v) is 5.07. The van der Waals surface area contributed by atoms with E-state index in [0.29, 0.717) is 29.1 Å². The van der Waals surface area contributed by atoms with Gasteiger partial charge in [-0.25, -0.2) is 9.78 Å². The van der Waals surface area contributed by atoms with Gasteiger partial charge in [0.05, 0.1) is 18.5 Å². The van der Waals surface area contributed by atoms with E-state index in [4.69, 9.17) is 4.74 Å². The molecule has 0 saturated carbocycles. The van der Waals surface area contributed by atoms with Crippen LogP contribution >= 0.6 is 11.8 Å². The maximum atomic E-state index is 11.3. The molecule has 17 heavy (non-hydrogen) atoms. The van der Waals surface area contributed by atoms with Crippen molar-refractivity contribution in [3.63, 3.8) is 0 Å². The molecule has 0 atom stereocenters. The Hall–Kier alpha value is -1.53. The smallest absolute Gasteiger partial charge is 0.355 e. The van der Waals surface area contributed by atoms with Crippen molar-refractivity contribution in [2.75, 3.05) is 13.2 Å². The lowest BCUT2D eigenvalue weighted by Crippen LogP contribution is -2.30. The van der Waals surface area contributed by atoms with E-state index in [1.54, 1.807) is 22.7 Å². The third-order valence-electron chi connectivity index (χ3n) is 2.59. The number of aromatic nitrogens is 2. The number of ether oxygens (including phenoxy) is 1. The van der Waals surface area contributed by atoms with E-state index < -0.39 is 5.97 Å². The molecule has 0 aliphatic carbocycles. The first-order valence-corrected chi connectivity index (χ1v) is 6.08. The largest absolute Gasteiger partial charge is 0.476 e. The van der Waals surface area contributed by atoms with E-state index in [2.05, 4.69) is 4.98 Å². The quantitative estimate of drug-likeness (QED) is 0.894. The average Bonchev–Trinajstić information content (AvgIpc) is 2.61. The van der Waals surface area contributed by atoms with Crippen LogP contribution in [0.1, 0.15) is 10.5 Å². The summed E-state index contributed by atoms with van der Waals surface area (Å²) in [6, 6.07) is 5.44. The second-order valence-electron chi connectivity index (χ2n) is 3.78. The van der Waals surface area contributed by atoms with E-state index in [-0.39, 0.29) is 5.69 Å². The van der Waals surface area contributed by atoms with Gasteiger partial charge in [0.15, 0.2) is 5.69 Å². The lowest BCUT2D eigenvalue weighted by Gasteiger charge is -2.24. The lowest BCUT2D eigenvalue weighted by atomic mass is 10.4. The maximum absolute atomic E-state index is 11.3. The maximum Gasteiger partial charge on any atom is 0.355 e. The minimum Gasteiger partial charge on any atom is -0.476 e. The standard InChI is InChI=1S/C11H10N2O3S/c14-11(15)9-10(17-7-5-16-6-7)12-8-3-1-2-4-13(8)9/h1-4,7H,5-6H2,(H,14,15). The number of rotatable bonds is 3.